The average Bonchev–Trinajstić information content (AvgIpc) is 2.20. The predicted molar refractivity (Wildman–Crippen MR) is 60.4 cm³/mol. The Labute approximate surface area is 95.9 Å². The van der Waals surface area contributed by atoms with E-state index in [1.54, 1.807) is 13.8 Å². The first-order valence-corrected chi connectivity index (χ1v) is 5.71. The Morgan fingerprint density at radius 1 is 1.56 bits per heavy atom. The van der Waals surface area contributed by atoms with Crippen LogP contribution < -0.4 is 0 Å². The van der Waals surface area contributed by atoms with Crippen molar-refractivity contribution >= 4 is 17.5 Å². The lowest BCUT2D eigenvalue weighted by molar-refractivity contribution is -0.153. The number of carbonyl (C=O) groups excluding carboxylic acids is 2. The maximum Gasteiger partial charge on any atom is 0.316 e. The van der Waals surface area contributed by atoms with Gasteiger partial charge in [-0.25, -0.2) is 0 Å². The zero-order chi connectivity index (χ0) is 12.3. The molecule has 1 aliphatic carbocycles. The Balaban J connectivity index is 2.70. The lowest BCUT2D eigenvalue weighted by atomic mass is 9.72. The summed E-state index contributed by atoms with van der Waals surface area (Å²) in [5.41, 5.74) is 0.531. The van der Waals surface area contributed by atoms with Gasteiger partial charge in [0.2, 0.25) is 0 Å². The topological polar surface area (TPSA) is 67.2 Å². The van der Waals surface area contributed by atoms with Crippen molar-refractivity contribution in [1.82, 2.24) is 0 Å². The summed E-state index contributed by atoms with van der Waals surface area (Å²) in [7, 11) is 0. The van der Waals surface area contributed by atoms with E-state index >= 15 is 0 Å². The van der Waals surface area contributed by atoms with Crippen LogP contribution in [0.25, 0.3) is 0 Å². The Kier molecular flexibility index (Phi) is 4.21. The molecule has 0 bridgehead atoms. The fraction of sp³-hybridized carbons (Fsp3) is 0.750. The monoisotopic (exact) mass is 225 g/mol. The molecule has 3 atom stereocenters. The highest BCUT2D eigenvalue weighted by Crippen LogP contribution is 2.32. The predicted octanol–water partition coefficient (Wildman–Crippen LogP) is 1.82. The van der Waals surface area contributed by atoms with Gasteiger partial charge in [0, 0.05) is 18.1 Å². The zero-order valence-corrected chi connectivity index (χ0v) is 10.1. The van der Waals surface area contributed by atoms with Crippen molar-refractivity contribution in [2.45, 2.75) is 33.6 Å². The van der Waals surface area contributed by atoms with Gasteiger partial charge in [0.05, 0.1) is 6.61 Å². The van der Waals surface area contributed by atoms with Gasteiger partial charge in [-0.05, 0) is 26.2 Å². The molecule has 1 aliphatic rings. The molecule has 1 fully saturated rings. The van der Waals surface area contributed by atoms with Crippen LogP contribution in [0.2, 0.25) is 0 Å². The third-order valence-electron chi connectivity index (χ3n) is 3.23. The first kappa shape index (κ1) is 12.9. The molecule has 0 saturated heterocycles. The number of esters is 1. The van der Waals surface area contributed by atoms with Crippen molar-refractivity contribution in [1.29, 1.82) is 5.41 Å². The highest BCUT2D eigenvalue weighted by atomic mass is 16.5. The molecule has 3 unspecified atom stereocenters. The summed E-state index contributed by atoms with van der Waals surface area (Å²) in [6, 6.07) is 0. The van der Waals surface area contributed by atoms with E-state index in [4.69, 9.17) is 10.1 Å². The summed E-state index contributed by atoms with van der Waals surface area (Å²) in [4.78, 5) is 23.3. The minimum atomic E-state index is -0.606. The van der Waals surface area contributed by atoms with Gasteiger partial charge >= 0.3 is 5.97 Å². The van der Waals surface area contributed by atoms with Crippen LogP contribution in [0.5, 0.6) is 0 Å². The van der Waals surface area contributed by atoms with Crippen molar-refractivity contribution < 1.29 is 14.3 Å². The van der Waals surface area contributed by atoms with E-state index in [1.807, 2.05) is 6.92 Å². The molecule has 0 aromatic carbocycles. The van der Waals surface area contributed by atoms with Crippen LogP contribution in [-0.4, -0.2) is 24.1 Å². The molecule has 0 heterocycles. The lowest BCUT2D eigenvalue weighted by Crippen LogP contribution is -2.38. The number of nitrogens with one attached hydrogen (secondary N) is 1. The van der Waals surface area contributed by atoms with Gasteiger partial charge in [0.25, 0.3) is 0 Å². The second-order valence-corrected chi connectivity index (χ2v) is 4.48. The Morgan fingerprint density at radius 2 is 2.19 bits per heavy atom. The number of Topliss-reactive ketones (excluding diaryl/α,β-unsaturated/α-hetero) is 1. The zero-order valence-electron chi connectivity index (χ0n) is 10.1. The van der Waals surface area contributed by atoms with E-state index in [2.05, 4.69) is 0 Å². The summed E-state index contributed by atoms with van der Waals surface area (Å²) in [5.74, 6) is -0.887. The highest BCUT2D eigenvalue weighted by molar-refractivity contribution is 6.01. The van der Waals surface area contributed by atoms with E-state index in [1.165, 1.54) is 0 Å². The van der Waals surface area contributed by atoms with Gasteiger partial charge in [0.15, 0.2) is 0 Å². The largest absolute Gasteiger partial charge is 0.465 e. The van der Waals surface area contributed by atoms with Crippen LogP contribution in [0.4, 0.5) is 0 Å². The van der Waals surface area contributed by atoms with Crippen LogP contribution in [0.15, 0.2) is 0 Å². The van der Waals surface area contributed by atoms with Gasteiger partial charge < -0.3 is 10.1 Å². The maximum absolute atomic E-state index is 11.8. The van der Waals surface area contributed by atoms with Crippen LogP contribution in [0.1, 0.15) is 33.6 Å². The third kappa shape index (κ3) is 2.68. The Hall–Kier alpha value is -1.19. The maximum atomic E-state index is 11.8. The number of ketones is 1. The third-order valence-corrected chi connectivity index (χ3v) is 3.23. The van der Waals surface area contributed by atoms with E-state index < -0.39 is 11.9 Å². The second-order valence-electron chi connectivity index (χ2n) is 4.48. The second kappa shape index (κ2) is 5.23. The van der Waals surface area contributed by atoms with Gasteiger partial charge in [-0.15, -0.1) is 0 Å². The molecule has 0 radical (unpaired) electrons. The van der Waals surface area contributed by atoms with Gasteiger partial charge in [-0.2, -0.15) is 0 Å². The SMILES string of the molecule is CCOC(=O)C1CC(C)C(C(C)=N)CC1=O. The number of rotatable bonds is 3. The fourth-order valence-corrected chi connectivity index (χ4v) is 2.28. The van der Waals surface area contributed by atoms with Gasteiger partial charge in [0.1, 0.15) is 11.7 Å². The summed E-state index contributed by atoms with van der Waals surface area (Å²) in [6.07, 6.45) is 0.818. The first-order valence-electron chi connectivity index (χ1n) is 5.71. The normalized spacial score (nSPS) is 29.9. The standard InChI is InChI=1S/C12H19NO3/c1-4-16-12(15)10-5-7(2)9(8(3)13)6-11(10)14/h7,9-10,13H,4-6H2,1-3H3. The van der Waals surface area contributed by atoms with E-state index in [0.717, 1.165) is 0 Å². The molecule has 90 valence electrons. The molecule has 0 aromatic rings. The molecular weight excluding hydrogens is 206 g/mol. The van der Waals surface area contributed by atoms with Crippen LogP contribution in [0, 0.1) is 23.2 Å². The van der Waals surface area contributed by atoms with Crippen molar-refractivity contribution in [2.75, 3.05) is 6.61 Å². The number of ether oxygens (including phenoxy) is 1. The molecule has 0 aliphatic heterocycles. The van der Waals surface area contributed by atoms with Gasteiger partial charge in [-0.3, -0.25) is 9.59 Å². The Morgan fingerprint density at radius 3 is 2.69 bits per heavy atom. The van der Waals surface area contributed by atoms with Crippen LogP contribution >= 0.6 is 0 Å². The molecule has 0 aromatic heterocycles. The molecule has 4 nitrogen and oxygen atoms in total. The number of hydrogen-bond donors (Lipinski definition) is 1. The number of hydrogen-bond acceptors (Lipinski definition) is 4. The van der Waals surface area contributed by atoms with Crippen molar-refractivity contribution in [3.05, 3.63) is 0 Å². The summed E-state index contributed by atoms with van der Waals surface area (Å²) < 4.78 is 4.88. The smallest absolute Gasteiger partial charge is 0.316 e. The lowest BCUT2D eigenvalue weighted by Gasteiger charge is -2.31. The molecule has 1 N–H and O–H groups in total. The number of carbonyl (C=O) groups is 2. The van der Waals surface area contributed by atoms with Crippen LogP contribution in [-0.2, 0) is 14.3 Å². The minimum Gasteiger partial charge on any atom is -0.465 e. The van der Waals surface area contributed by atoms with Crippen molar-refractivity contribution in [3.8, 4) is 0 Å². The molecule has 0 amide bonds. The Bertz CT molecular complexity index is 311. The fourth-order valence-electron chi connectivity index (χ4n) is 2.28. The van der Waals surface area contributed by atoms with Crippen LogP contribution in [0.3, 0.4) is 0 Å². The van der Waals surface area contributed by atoms with Crippen molar-refractivity contribution in [2.24, 2.45) is 17.8 Å². The van der Waals surface area contributed by atoms with E-state index in [-0.39, 0.29) is 17.6 Å². The quantitative estimate of drug-likeness (QED) is 0.452. The summed E-state index contributed by atoms with van der Waals surface area (Å²) >= 11 is 0. The summed E-state index contributed by atoms with van der Waals surface area (Å²) in [5, 5.41) is 7.60. The van der Waals surface area contributed by atoms with E-state index in [0.29, 0.717) is 25.2 Å². The molecule has 1 saturated carbocycles. The molecule has 0 spiro atoms. The average molecular weight is 225 g/mol. The first-order chi connectivity index (χ1) is 7.47. The van der Waals surface area contributed by atoms with E-state index in [9.17, 15) is 9.59 Å². The van der Waals surface area contributed by atoms with Crippen molar-refractivity contribution in [3.63, 3.8) is 0 Å². The molecule has 16 heavy (non-hydrogen) atoms. The highest BCUT2D eigenvalue weighted by Gasteiger charge is 2.39. The molecule has 4 heteroatoms. The molecule has 1 rings (SSSR count). The van der Waals surface area contributed by atoms with Gasteiger partial charge in [-0.1, -0.05) is 6.92 Å². The summed E-state index contributed by atoms with van der Waals surface area (Å²) in [6.45, 7) is 5.75. The molecular formula is C12H19NO3. The minimum absolute atomic E-state index is 0.00169.